The van der Waals surface area contributed by atoms with Crippen LogP contribution in [0.15, 0.2) is 67.3 Å². The van der Waals surface area contributed by atoms with E-state index < -0.39 is 0 Å². The summed E-state index contributed by atoms with van der Waals surface area (Å²) in [5.74, 6) is 0.550. The molecule has 0 bridgehead atoms. The first-order valence-corrected chi connectivity index (χ1v) is 9.16. The summed E-state index contributed by atoms with van der Waals surface area (Å²) in [6.45, 7) is 0.762. The van der Waals surface area contributed by atoms with E-state index in [4.69, 9.17) is 0 Å². The number of hydrogen-bond donors (Lipinski definition) is 1. The Morgan fingerprint density at radius 3 is 2.74 bits per heavy atom. The molecule has 6 heteroatoms. The number of pyridine rings is 1. The van der Waals surface area contributed by atoms with Crippen LogP contribution in [0.2, 0.25) is 0 Å². The molecule has 0 spiro atoms. The molecule has 3 aromatic rings. The molecule has 1 N–H and O–H groups in total. The topological polar surface area (TPSA) is 71.0 Å². The van der Waals surface area contributed by atoms with Gasteiger partial charge in [-0.1, -0.05) is 12.1 Å². The summed E-state index contributed by atoms with van der Waals surface area (Å²) < 4.78 is 0. The Morgan fingerprint density at radius 2 is 1.93 bits per heavy atom. The Hall–Kier alpha value is -3.28. The molecule has 1 amide bonds. The van der Waals surface area contributed by atoms with E-state index in [0.29, 0.717) is 11.5 Å². The molecular formula is C21H21N5O. The zero-order chi connectivity index (χ0) is 18.5. The molecule has 6 nitrogen and oxygen atoms in total. The highest BCUT2D eigenvalue weighted by atomic mass is 16.2. The lowest BCUT2D eigenvalue weighted by Gasteiger charge is -2.36. The average Bonchev–Trinajstić information content (AvgIpc) is 2.75. The normalized spacial score (nSPS) is 16.7. The van der Waals surface area contributed by atoms with Crippen molar-refractivity contribution in [2.24, 2.45) is 0 Å². The fourth-order valence-electron chi connectivity index (χ4n) is 3.48. The van der Waals surface area contributed by atoms with E-state index in [1.54, 1.807) is 24.7 Å². The number of carbonyl (C=O) groups excluding carboxylic acids is 1. The third-order valence-electron chi connectivity index (χ3n) is 4.76. The Kier molecular flexibility index (Phi) is 5.05. The SMILES string of the molecule is O=C(c1cccc(Nc2ncccn2)c1)N1CCCCC1c1cccnc1. The van der Waals surface area contributed by atoms with Crippen molar-refractivity contribution < 1.29 is 4.79 Å². The quantitative estimate of drug-likeness (QED) is 0.763. The largest absolute Gasteiger partial charge is 0.332 e. The zero-order valence-electron chi connectivity index (χ0n) is 15.0. The predicted molar refractivity (Wildman–Crippen MR) is 104 cm³/mol. The molecule has 1 unspecified atom stereocenters. The van der Waals surface area contributed by atoms with Gasteiger partial charge in [-0.05, 0) is 55.2 Å². The minimum Gasteiger partial charge on any atom is -0.332 e. The second kappa shape index (κ2) is 7.95. The van der Waals surface area contributed by atoms with E-state index in [9.17, 15) is 4.79 Å². The van der Waals surface area contributed by atoms with Crippen LogP contribution < -0.4 is 5.32 Å². The summed E-state index contributed by atoms with van der Waals surface area (Å²) in [6, 6.07) is 13.3. The second-order valence-corrected chi connectivity index (χ2v) is 6.57. The number of carbonyl (C=O) groups is 1. The first kappa shape index (κ1) is 17.1. The maximum atomic E-state index is 13.2. The molecule has 1 aromatic carbocycles. The number of hydrogen-bond acceptors (Lipinski definition) is 5. The molecule has 3 heterocycles. The molecule has 4 rings (SSSR count). The minimum absolute atomic E-state index is 0.0428. The monoisotopic (exact) mass is 359 g/mol. The standard InChI is InChI=1S/C21H21N5O/c27-20(26-13-2-1-9-19(26)17-7-4-10-22-15-17)16-6-3-8-18(14-16)25-21-23-11-5-12-24-21/h3-8,10-12,14-15,19H,1-2,9,13H2,(H,23,24,25). The molecule has 136 valence electrons. The Balaban J connectivity index is 1.57. The van der Waals surface area contributed by atoms with Crippen LogP contribution in [-0.2, 0) is 0 Å². The molecule has 0 aliphatic carbocycles. The van der Waals surface area contributed by atoms with E-state index in [1.807, 2.05) is 47.5 Å². The van der Waals surface area contributed by atoms with Gasteiger partial charge in [0, 0.05) is 42.6 Å². The van der Waals surface area contributed by atoms with Crippen LogP contribution in [0.1, 0.15) is 41.2 Å². The van der Waals surface area contributed by atoms with Crippen molar-refractivity contribution in [1.29, 1.82) is 0 Å². The van der Waals surface area contributed by atoms with E-state index >= 15 is 0 Å². The highest BCUT2D eigenvalue weighted by molar-refractivity contribution is 5.95. The molecule has 1 atom stereocenters. The first-order valence-electron chi connectivity index (χ1n) is 9.16. The lowest BCUT2D eigenvalue weighted by Crippen LogP contribution is -2.38. The number of piperidine rings is 1. The van der Waals surface area contributed by atoms with Crippen LogP contribution in [0.3, 0.4) is 0 Å². The Morgan fingerprint density at radius 1 is 1.04 bits per heavy atom. The molecule has 1 saturated heterocycles. The van der Waals surface area contributed by atoms with Crippen LogP contribution in [-0.4, -0.2) is 32.3 Å². The predicted octanol–water partition coefficient (Wildman–Crippen LogP) is 3.98. The number of rotatable bonds is 4. The third kappa shape index (κ3) is 3.95. The number of benzene rings is 1. The molecule has 27 heavy (non-hydrogen) atoms. The fraction of sp³-hybridized carbons (Fsp3) is 0.238. The van der Waals surface area contributed by atoms with Gasteiger partial charge in [0.1, 0.15) is 0 Å². The maximum absolute atomic E-state index is 13.2. The van der Waals surface area contributed by atoms with Gasteiger partial charge in [0.2, 0.25) is 5.95 Å². The summed E-state index contributed by atoms with van der Waals surface area (Å²) in [6.07, 6.45) is 10.1. The molecule has 1 aliphatic heterocycles. The molecule has 2 aromatic heterocycles. The van der Waals surface area contributed by atoms with Crippen LogP contribution in [0.25, 0.3) is 0 Å². The van der Waals surface area contributed by atoms with Gasteiger partial charge < -0.3 is 10.2 Å². The van der Waals surface area contributed by atoms with Crippen LogP contribution in [0.5, 0.6) is 0 Å². The van der Waals surface area contributed by atoms with Crippen LogP contribution in [0.4, 0.5) is 11.6 Å². The molecule has 1 fully saturated rings. The lowest BCUT2D eigenvalue weighted by molar-refractivity contribution is 0.0611. The molecular weight excluding hydrogens is 338 g/mol. The van der Waals surface area contributed by atoms with E-state index in [0.717, 1.165) is 37.1 Å². The van der Waals surface area contributed by atoms with Gasteiger partial charge in [-0.25, -0.2) is 9.97 Å². The van der Waals surface area contributed by atoms with Crippen molar-refractivity contribution >= 4 is 17.5 Å². The van der Waals surface area contributed by atoms with Crippen molar-refractivity contribution in [3.63, 3.8) is 0 Å². The van der Waals surface area contributed by atoms with Gasteiger partial charge in [-0.15, -0.1) is 0 Å². The number of nitrogens with zero attached hydrogens (tertiary/aromatic N) is 4. The molecule has 0 radical (unpaired) electrons. The number of nitrogens with one attached hydrogen (secondary N) is 1. The molecule has 0 saturated carbocycles. The van der Waals surface area contributed by atoms with Gasteiger partial charge in [-0.3, -0.25) is 9.78 Å². The average molecular weight is 359 g/mol. The molecule has 1 aliphatic rings. The maximum Gasteiger partial charge on any atom is 0.254 e. The smallest absolute Gasteiger partial charge is 0.254 e. The summed E-state index contributed by atoms with van der Waals surface area (Å²) in [4.78, 5) is 27.8. The van der Waals surface area contributed by atoms with E-state index in [1.165, 1.54) is 0 Å². The van der Waals surface area contributed by atoms with Crippen molar-refractivity contribution in [2.45, 2.75) is 25.3 Å². The number of aromatic nitrogens is 3. The zero-order valence-corrected chi connectivity index (χ0v) is 15.0. The van der Waals surface area contributed by atoms with Crippen molar-refractivity contribution in [1.82, 2.24) is 19.9 Å². The minimum atomic E-state index is 0.0428. The number of anilines is 2. The Bertz CT molecular complexity index is 901. The van der Waals surface area contributed by atoms with Crippen molar-refractivity contribution in [3.8, 4) is 0 Å². The van der Waals surface area contributed by atoms with E-state index in [2.05, 4.69) is 20.3 Å². The van der Waals surface area contributed by atoms with Gasteiger partial charge >= 0.3 is 0 Å². The van der Waals surface area contributed by atoms with Gasteiger partial charge in [0.25, 0.3) is 5.91 Å². The highest BCUT2D eigenvalue weighted by Gasteiger charge is 2.28. The summed E-state index contributed by atoms with van der Waals surface area (Å²) in [5.41, 5.74) is 2.55. The Labute approximate surface area is 158 Å². The third-order valence-corrected chi connectivity index (χ3v) is 4.76. The van der Waals surface area contributed by atoms with Crippen molar-refractivity contribution in [2.75, 3.05) is 11.9 Å². The number of likely N-dealkylation sites (tertiary alicyclic amines) is 1. The van der Waals surface area contributed by atoms with Gasteiger partial charge in [0.05, 0.1) is 6.04 Å². The fourth-order valence-corrected chi connectivity index (χ4v) is 3.48. The van der Waals surface area contributed by atoms with E-state index in [-0.39, 0.29) is 11.9 Å². The van der Waals surface area contributed by atoms with Crippen molar-refractivity contribution in [3.05, 3.63) is 78.4 Å². The van der Waals surface area contributed by atoms with Gasteiger partial charge in [0.15, 0.2) is 0 Å². The highest BCUT2D eigenvalue weighted by Crippen LogP contribution is 2.32. The lowest BCUT2D eigenvalue weighted by atomic mass is 9.95. The summed E-state index contributed by atoms with van der Waals surface area (Å²) in [7, 11) is 0. The second-order valence-electron chi connectivity index (χ2n) is 6.57. The summed E-state index contributed by atoms with van der Waals surface area (Å²) >= 11 is 0. The first-order chi connectivity index (χ1) is 13.3. The van der Waals surface area contributed by atoms with Gasteiger partial charge in [-0.2, -0.15) is 0 Å². The number of amides is 1. The summed E-state index contributed by atoms with van der Waals surface area (Å²) in [5, 5.41) is 3.14. The van der Waals surface area contributed by atoms with Crippen LogP contribution >= 0.6 is 0 Å². The van der Waals surface area contributed by atoms with Crippen LogP contribution in [0, 0.1) is 0 Å².